The zero-order chi connectivity index (χ0) is 28.7. The van der Waals surface area contributed by atoms with Gasteiger partial charge in [0.05, 0.1) is 34.7 Å². The second-order valence-electron chi connectivity index (χ2n) is 12.0. The lowest BCUT2D eigenvalue weighted by atomic mass is 9.95. The molecule has 1 atom stereocenters. The Kier molecular flexibility index (Phi) is 6.75. The van der Waals surface area contributed by atoms with Gasteiger partial charge in [-0.15, -0.1) is 5.53 Å². The monoisotopic (exact) mass is 551 g/mol. The summed E-state index contributed by atoms with van der Waals surface area (Å²) in [6.07, 6.45) is 9.77. The van der Waals surface area contributed by atoms with Gasteiger partial charge in [0.15, 0.2) is 0 Å². The molecular weight excluding hydrogens is 517 g/mol. The van der Waals surface area contributed by atoms with Crippen molar-refractivity contribution in [3.63, 3.8) is 0 Å². The van der Waals surface area contributed by atoms with Crippen molar-refractivity contribution in [1.29, 1.82) is 5.26 Å². The molecule has 1 fully saturated rings. The molecule has 6 rings (SSSR count). The number of fused-ring (bicyclic) bond motifs is 1. The molecule has 0 amide bonds. The van der Waals surface area contributed by atoms with Crippen LogP contribution in [-0.2, 0) is 7.05 Å². The molecule has 10 heteroatoms. The van der Waals surface area contributed by atoms with E-state index in [1.807, 2.05) is 25.5 Å². The second-order valence-corrected chi connectivity index (χ2v) is 12.0. The number of nitrogens with zero attached hydrogens (tertiary/aromatic N) is 5. The average Bonchev–Trinajstić information content (AvgIpc) is 3.52. The summed E-state index contributed by atoms with van der Waals surface area (Å²) in [5, 5.41) is 24.5. The van der Waals surface area contributed by atoms with Gasteiger partial charge in [-0.25, -0.2) is 4.39 Å². The van der Waals surface area contributed by atoms with Crippen LogP contribution in [0.5, 0.6) is 0 Å². The van der Waals surface area contributed by atoms with E-state index in [2.05, 4.69) is 70.8 Å². The third-order valence-electron chi connectivity index (χ3n) is 7.28. The number of hydrazine groups is 2. The summed E-state index contributed by atoms with van der Waals surface area (Å²) in [6, 6.07) is 13.1. The largest absolute Gasteiger partial charge is 0.383 e. The first-order valence-electron chi connectivity index (χ1n) is 13.8. The number of rotatable bonds is 8. The molecule has 9 nitrogen and oxygen atoms in total. The zero-order valence-electron chi connectivity index (χ0n) is 23.7. The quantitative estimate of drug-likeness (QED) is 0.225. The molecule has 0 radical (unpaired) electrons. The molecule has 0 bridgehead atoms. The lowest BCUT2D eigenvalue weighted by Crippen LogP contribution is -2.38. The zero-order valence-corrected chi connectivity index (χ0v) is 23.7. The van der Waals surface area contributed by atoms with Crippen molar-refractivity contribution < 1.29 is 4.39 Å². The molecule has 1 saturated carbocycles. The Bertz CT molecular complexity index is 1660. The molecule has 210 valence electrons. The van der Waals surface area contributed by atoms with Gasteiger partial charge in [-0.3, -0.25) is 14.7 Å². The van der Waals surface area contributed by atoms with E-state index < -0.39 is 0 Å². The number of aromatic nitrogens is 3. The van der Waals surface area contributed by atoms with E-state index in [0.29, 0.717) is 18.2 Å². The van der Waals surface area contributed by atoms with Crippen molar-refractivity contribution in [2.75, 3.05) is 17.2 Å². The van der Waals surface area contributed by atoms with E-state index in [-0.39, 0.29) is 17.3 Å². The van der Waals surface area contributed by atoms with Gasteiger partial charge in [0, 0.05) is 60.4 Å². The second kappa shape index (κ2) is 10.4. The first-order valence-corrected chi connectivity index (χ1v) is 13.8. The smallest absolute Gasteiger partial charge is 0.123 e. The Hall–Kier alpha value is -4.62. The Balaban J connectivity index is 1.49. The molecule has 2 aliphatic rings. The van der Waals surface area contributed by atoms with Crippen LogP contribution in [0, 0.1) is 22.6 Å². The number of nitrogens with one attached hydrogen (secondary N) is 4. The highest BCUT2D eigenvalue weighted by Gasteiger charge is 2.32. The SMILES string of the molecule is Cn1cc(-c2cc(NC(C3=CN(C4CC4)NN3)c3ccc(F)cc3)cc3c(NCC(C)(C)C)c(C#N)cnc23)cn1. The highest BCUT2D eigenvalue weighted by molar-refractivity contribution is 6.04. The van der Waals surface area contributed by atoms with Gasteiger partial charge < -0.3 is 16.1 Å². The molecule has 3 heterocycles. The molecule has 1 unspecified atom stereocenters. The number of hydrogen-bond acceptors (Lipinski definition) is 8. The van der Waals surface area contributed by atoms with E-state index in [1.54, 1.807) is 23.0 Å². The van der Waals surface area contributed by atoms with Crippen molar-refractivity contribution in [3.8, 4) is 17.2 Å². The third-order valence-corrected chi connectivity index (χ3v) is 7.28. The van der Waals surface area contributed by atoms with Crippen LogP contribution < -0.4 is 21.6 Å². The minimum atomic E-state index is -0.302. The topological polar surface area (TPSA) is 106 Å². The van der Waals surface area contributed by atoms with E-state index in [9.17, 15) is 9.65 Å². The van der Waals surface area contributed by atoms with E-state index >= 15 is 0 Å². The van der Waals surface area contributed by atoms with Crippen LogP contribution in [0.3, 0.4) is 0 Å². The summed E-state index contributed by atoms with van der Waals surface area (Å²) in [5.74, 6) is -0.284. The molecule has 4 aromatic rings. The molecule has 2 aromatic carbocycles. The third kappa shape index (κ3) is 5.67. The Morgan fingerprint density at radius 1 is 1.17 bits per heavy atom. The summed E-state index contributed by atoms with van der Waals surface area (Å²) in [5.41, 5.74) is 13.0. The van der Waals surface area contributed by atoms with Crippen molar-refractivity contribution in [3.05, 3.63) is 83.8 Å². The maximum Gasteiger partial charge on any atom is 0.123 e. The predicted octanol–water partition coefficient (Wildman–Crippen LogP) is 5.59. The van der Waals surface area contributed by atoms with Crippen LogP contribution in [0.2, 0.25) is 0 Å². The average molecular weight is 552 g/mol. The van der Waals surface area contributed by atoms with Crippen molar-refractivity contribution >= 4 is 22.3 Å². The van der Waals surface area contributed by atoms with Crippen molar-refractivity contribution in [2.24, 2.45) is 12.5 Å². The minimum Gasteiger partial charge on any atom is -0.383 e. The molecule has 41 heavy (non-hydrogen) atoms. The van der Waals surface area contributed by atoms with Crippen LogP contribution in [0.4, 0.5) is 15.8 Å². The fourth-order valence-electron chi connectivity index (χ4n) is 5.00. The molecule has 0 spiro atoms. The number of pyridine rings is 1. The molecular formula is C31H34FN9. The van der Waals surface area contributed by atoms with Gasteiger partial charge >= 0.3 is 0 Å². The van der Waals surface area contributed by atoms with Gasteiger partial charge in [-0.05, 0) is 48.1 Å². The van der Waals surface area contributed by atoms with Gasteiger partial charge in [-0.2, -0.15) is 10.4 Å². The lowest BCUT2D eigenvalue weighted by molar-refractivity contribution is 0.260. The summed E-state index contributed by atoms with van der Waals surface area (Å²) in [6.45, 7) is 7.13. The highest BCUT2D eigenvalue weighted by Crippen LogP contribution is 2.38. The summed E-state index contributed by atoms with van der Waals surface area (Å²) in [4.78, 5) is 4.74. The summed E-state index contributed by atoms with van der Waals surface area (Å²) < 4.78 is 15.7. The highest BCUT2D eigenvalue weighted by atomic mass is 19.1. The molecule has 1 aliphatic heterocycles. The van der Waals surface area contributed by atoms with Crippen LogP contribution in [0.1, 0.15) is 50.8 Å². The summed E-state index contributed by atoms with van der Waals surface area (Å²) >= 11 is 0. The number of benzene rings is 2. The standard InChI is InChI=1S/C31H34FN9/c1-31(2,3)18-35-28-20(13-33)14-34-30-25(21-15-36-40(4)16-21)11-23(12-26(28)30)37-29(19-5-7-22(32)8-6-19)27-17-41(39-38-27)24-9-10-24/h5-8,11-12,14-17,24,29,37-39H,9-10,18H2,1-4H3,(H,34,35). The van der Waals surface area contributed by atoms with Crippen LogP contribution >= 0.6 is 0 Å². The maximum absolute atomic E-state index is 13.9. The van der Waals surface area contributed by atoms with Gasteiger partial charge in [-0.1, -0.05) is 32.9 Å². The first-order chi connectivity index (χ1) is 19.7. The normalized spacial score (nSPS) is 15.8. The van der Waals surface area contributed by atoms with E-state index in [1.165, 1.54) is 12.1 Å². The Morgan fingerprint density at radius 3 is 2.61 bits per heavy atom. The van der Waals surface area contributed by atoms with Gasteiger partial charge in [0.1, 0.15) is 11.9 Å². The number of nitriles is 1. The first kappa shape index (κ1) is 26.6. The van der Waals surface area contributed by atoms with Gasteiger partial charge in [0.25, 0.3) is 0 Å². The minimum absolute atomic E-state index is 0.000906. The fourth-order valence-corrected chi connectivity index (χ4v) is 5.00. The molecule has 2 aromatic heterocycles. The van der Waals surface area contributed by atoms with Crippen molar-refractivity contribution in [2.45, 2.75) is 45.7 Å². The van der Waals surface area contributed by atoms with E-state index in [0.717, 1.165) is 57.5 Å². The number of halogens is 1. The number of aryl methyl sites for hydroxylation is 1. The molecule has 4 N–H and O–H groups in total. The van der Waals surface area contributed by atoms with Crippen LogP contribution in [0.15, 0.2) is 66.9 Å². The van der Waals surface area contributed by atoms with Gasteiger partial charge in [0.2, 0.25) is 0 Å². The molecule has 0 saturated heterocycles. The van der Waals surface area contributed by atoms with E-state index in [4.69, 9.17) is 4.98 Å². The fraction of sp³-hybridized carbons (Fsp3) is 0.323. The molecule has 1 aliphatic carbocycles. The lowest BCUT2D eigenvalue weighted by Gasteiger charge is -2.24. The van der Waals surface area contributed by atoms with Crippen LogP contribution in [-0.4, -0.2) is 32.4 Å². The Morgan fingerprint density at radius 2 is 1.95 bits per heavy atom. The van der Waals surface area contributed by atoms with Crippen LogP contribution in [0.25, 0.3) is 22.0 Å². The Labute approximate surface area is 239 Å². The van der Waals surface area contributed by atoms with Crippen molar-refractivity contribution in [1.82, 2.24) is 30.7 Å². The summed E-state index contributed by atoms with van der Waals surface area (Å²) in [7, 11) is 1.88. The maximum atomic E-state index is 13.9. The number of hydrogen-bond donors (Lipinski definition) is 4. The predicted molar refractivity (Wildman–Crippen MR) is 159 cm³/mol. The number of anilines is 2.